The molecule has 0 radical (unpaired) electrons. The fourth-order valence-corrected chi connectivity index (χ4v) is 3.49. The van der Waals surface area contributed by atoms with Crippen LogP contribution in [0.25, 0.3) is 0 Å². The van der Waals surface area contributed by atoms with Gasteiger partial charge in [0.05, 0.1) is 18.8 Å². The average molecular weight is 265 g/mol. The van der Waals surface area contributed by atoms with Crippen LogP contribution < -0.4 is 5.32 Å². The molecule has 1 saturated heterocycles. The first-order valence-electron chi connectivity index (χ1n) is 7.70. The number of nitriles is 1. The third kappa shape index (κ3) is 3.68. The van der Waals surface area contributed by atoms with Crippen molar-refractivity contribution in [2.75, 3.05) is 26.2 Å². The first-order chi connectivity index (χ1) is 9.18. The Morgan fingerprint density at radius 2 is 2.32 bits per heavy atom. The van der Waals surface area contributed by atoms with Crippen molar-refractivity contribution in [3.63, 3.8) is 0 Å². The summed E-state index contributed by atoms with van der Waals surface area (Å²) in [5, 5.41) is 12.5. The lowest BCUT2D eigenvalue weighted by Gasteiger charge is -2.38. The number of morpholine rings is 1. The molecular formula is C15H27N3O. The van der Waals surface area contributed by atoms with E-state index in [-0.39, 0.29) is 5.54 Å². The van der Waals surface area contributed by atoms with Crippen molar-refractivity contribution >= 4 is 0 Å². The Bertz CT molecular complexity index is 328. The molecule has 0 aromatic carbocycles. The Morgan fingerprint density at radius 3 is 3.05 bits per heavy atom. The van der Waals surface area contributed by atoms with Gasteiger partial charge in [-0.05, 0) is 52.1 Å². The molecule has 0 amide bonds. The average Bonchev–Trinajstić information content (AvgIpc) is 2.88. The molecule has 3 atom stereocenters. The minimum Gasteiger partial charge on any atom is -0.375 e. The first-order valence-corrected chi connectivity index (χ1v) is 7.70. The van der Waals surface area contributed by atoms with Gasteiger partial charge in [0.15, 0.2) is 0 Å². The zero-order chi connectivity index (χ0) is 13.7. The summed E-state index contributed by atoms with van der Waals surface area (Å²) in [6.45, 7) is 7.96. The number of nitrogens with one attached hydrogen (secondary N) is 1. The molecule has 108 valence electrons. The van der Waals surface area contributed by atoms with Crippen molar-refractivity contribution in [2.45, 2.75) is 63.6 Å². The minimum atomic E-state index is -0.365. The van der Waals surface area contributed by atoms with Crippen molar-refractivity contribution in [1.29, 1.82) is 5.26 Å². The summed E-state index contributed by atoms with van der Waals surface area (Å²) in [6.07, 6.45) is 6.30. The van der Waals surface area contributed by atoms with E-state index >= 15 is 0 Å². The molecule has 2 rings (SSSR count). The quantitative estimate of drug-likeness (QED) is 0.797. The molecule has 2 fully saturated rings. The van der Waals surface area contributed by atoms with Gasteiger partial charge in [-0.2, -0.15) is 5.26 Å². The van der Waals surface area contributed by atoms with Crippen molar-refractivity contribution in [1.82, 2.24) is 10.2 Å². The smallest absolute Gasteiger partial charge is 0.103 e. The van der Waals surface area contributed by atoms with Gasteiger partial charge in [-0.15, -0.1) is 0 Å². The van der Waals surface area contributed by atoms with Crippen LogP contribution in [0.1, 0.15) is 46.0 Å². The molecule has 0 spiro atoms. The minimum absolute atomic E-state index is 0.365. The second kappa shape index (κ2) is 6.69. The lowest BCUT2D eigenvalue weighted by atomic mass is 9.97. The summed E-state index contributed by atoms with van der Waals surface area (Å²) in [7, 11) is 0. The SMILES string of the molecule is CCNC(C)(C#N)CCCN1CCOC2CCCC21. The van der Waals surface area contributed by atoms with Gasteiger partial charge in [-0.3, -0.25) is 10.2 Å². The normalized spacial score (nSPS) is 30.6. The largest absolute Gasteiger partial charge is 0.375 e. The summed E-state index contributed by atoms with van der Waals surface area (Å²) < 4.78 is 5.83. The molecule has 1 N–H and O–H groups in total. The van der Waals surface area contributed by atoms with E-state index in [2.05, 4.69) is 23.2 Å². The molecule has 0 bridgehead atoms. The highest BCUT2D eigenvalue weighted by Gasteiger charge is 2.35. The van der Waals surface area contributed by atoms with Crippen LogP contribution in [-0.4, -0.2) is 48.8 Å². The van der Waals surface area contributed by atoms with Gasteiger partial charge >= 0.3 is 0 Å². The topological polar surface area (TPSA) is 48.3 Å². The second-order valence-electron chi connectivity index (χ2n) is 6.02. The fourth-order valence-electron chi connectivity index (χ4n) is 3.49. The standard InChI is InChI=1S/C15H27N3O/c1-3-17-15(2,12-16)8-5-9-18-10-11-19-14-7-4-6-13(14)18/h13-14,17H,3-11H2,1-2H3. The molecule has 2 aliphatic rings. The molecule has 4 nitrogen and oxygen atoms in total. The van der Waals surface area contributed by atoms with Gasteiger partial charge in [-0.1, -0.05) is 6.92 Å². The van der Waals surface area contributed by atoms with Gasteiger partial charge in [0.1, 0.15) is 5.54 Å². The predicted molar refractivity (Wildman–Crippen MR) is 75.9 cm³/mol. The van der Waals surface area contributed by atoms with Crippen molar-refractivity contribution in [3.05, 3.63) is 0 Å². The van der Waals surface area contributed by atoms with E-state index in [4.69, 9.17) is 4.74 Å². The molecule has 1 aliphatic carbocycles. The van der Waals surface area contributed by atoms with Crippen molar-refractivity contribution in [2.24, 2.45) is 0 Å². The van der Waals surface area contributed by atoms with Crippen LogP contribution >= 0.6 is 0 Å². The number of rotatable bonds is 6. The molecule has 0 aromatic heterocycles. The highest BCUT2D eigenvalue weighted by molar-refractivity contribution is 5.03. The number of nitrogens with zero attached hydrogens (tertiary/aromatic N) is 2. The zero-order valence-corrected chi connectivity index (χ0v) is 12.3. The van der Waals surface area contributed by atoms with E-state index in [1.807, 2.05) is 6.92 Å². The molecule has 1 saturated carbocycles. The molecule has 3 unspecified atom stereocenters. The summed E-state index contributed by atoms with van der Waals surface area (Å²) >= 11 is 0. The van der Waals surface area contributed by atoms with Crippen LogP contribution in [0, 0.1) is 11.3 Å². The van der Waals surface area contributed by atoms with Gasteiger partial charge in [0.2, 0.25) is 0 Å². The fraction of sp³-hybridized carbons (Fsp3) is 0.933. The van der Waals surface area contributed by atoms with Gasteiger partial charge in [0.25, 0.3) is 0 Å². The monoisotopic (exact) mass is 265 g/mol. The molecule has 1 aliphatic heterocycles. The highest BCUT2D eigenvalue weighted by atomic mass is 16.5. The number of fused-ring (bicyclic) bond motifs is 1. The van der Waals surface area contributed by atoms with Crippen molar-refractivity contribution < 1.29 is 4.74 Å². The van der Waals surface area contributed by atoms with Crippen LogP contribution in [0.5, 0.6) is 0 Å². The number of hydrogen-bond acceptors (Lipinski definition) is 4. The third-order valence-electron chi connectivity index (χ3n) is 4.53. The van der Waals surface area contributed by atoms with E-state index in [0.717, 1.165) is 39.1 Å². The summed E-state index contributed by atoms with van der Waals surface area (Å²) in [6, 6.07) is 3.05. The van der Waals surface area contributed by atoms with E-state index in [0.29, 0.717) is 12.1 Å². The summed E-state index contributed by atoms with van der Waals surface area (Å²) in [5.74, 6) is 0. The van der Waals surface area contributed by atoms with Gasteiger partial charge in [-0.25, -0.2) is 0 Å². The van der Waals surface area contributed by atoms with Crippen LogP contribution in [0.2, 0.25) is 0 Å². The predicted octanol–water partition coefficient (Wildman–Crippen LogP) is 1.91. The third-order valence-corrected chi connectivity index (χ3v) is 4.53. The Kier molecular flexibility index (Phi) is 5.20. The van der Waals surface area contributed by atoms with Crippen LogP contribution in [0.3, 0.4) is 0 Å². The second-order valence-corrected chi connectivity index (χ2v) is 6.02. The van der Waals surface area contributed by atoms with E-state index in [9.17, 15) is 5.26 Å². The molecule has 1 heterocycles. The Labute approximate surface area is 117 Å². The number of ether oxygens (including phenoxy) is 1. The number of hydrogen-bond donors (Lipinski definition) is 1. The molecular weight excluding hydrogens is 238 g/mol. The maximum absolute atomic E-state index is 9.26. The maximum atomic E-state index is 9.26. The summed E-state index contributed by atoms with van der Waals surface area (Å²) in [5.41, 5.74) is -0.365. The van der Waals surface area contributed by atoms with E-state index < -0.39 is 0 Å². The van der Waals surface area contributed by atoms with Gasteiger partial charge < -0.3 is 4.74 Å². The van der Waals surface area contributed by atoms with Crippen LogP contribution in [-0.2, 0) is 4.74 Å². The van der Waals surface area contributed by atoms with E-state index in [1.54, 1.807) is 0 Å². The van der Waals surface area contributed by atoms with E-state index in [1.165, 1.54) is 19.3 Å². The summed E-state index contributed by atoms with van der Waals surface area (Å²) in [4.78, 5) is 2.59. The Balaban J connectivity index is 1.77. The Morgan fingerprint density at radius 1 is 1.47 bits per heavy atom. The van der Waals surface area contributed by atoms with Crippen molar-refractivity contribution in [3.8, 4) is 6.07 Å². The molecule has 4 heteroatoms. The highest BCUT2D eigenvalue weighted by Crippen LogP contribution is 2.29. The first kappa shape index (κ1) is 14.8. The zero-order valence-electron chi connectivity index (χ0n) is 12.3. The lowest BCUT2D eigenvalue weighted by molar-refractivity contribution is -0.0560. The van der Waals surface area contributed by atoms with Gasteiger partial charge in [0, 0.05) is 12.6 Å². The lowest BCUT2D eigenvalue weighted by Crippen LogP contribution is -2.49. The molecule has 19 heavy (non-hydrogen) atoms. The Hall–Kier alpha value is -0.630. The van der Waals surface area contributed by atoms with Crippen LogP contribution in [0.15, 0.2) is 0 Å². The maximum Gasteiger partial charge on any atom is 0.103 e. The molecule has 0 aromatic rings. The van der Waals surface area contributed by atoms with Crippen LogP contribution in [0.4, 0.5) is 0 Å².